The van der Waals surface area contributed by atoms with Gasteiger partial charge in [-0.2, -0.15) is 13.2 Å². The maximum atomic E-state index is 12.6. The van der Waals surface area contributed by atoms with E-state index in [4.69, 9.17) is 11.6 Å². The summed E-state index contributed by atoms with van der Waals surface area (Å²) in [7, 11) is 0. The van der Waals surface area contributed by atoms with Crippen LogP contribution < -0.4 is 5.32 Å². The Morgan fingerprint density at radius 3 is 2.55 bits per heavy atom. The van der Waals surface area contributed by atoms with Crippen LogP contribution in [0.5, 0.6) is 0 Å². The summed E-state index contributed by atoms with van der Waals surface area (Å²) in [5.74, 6) is -1.27. The van der Waals surface area contributed by atoms with Crippen molar-refractivity contribution in [3.63, 3.8) is 0 Å². The minimum absolute atomic E-state index is 0.00109. The van der Waals surface area contributed by atoms with Crippen molar-refractivity contribution in [3.8, 4) is 0 Å². The van der Waals surface area contributed by atoms with E-state index >= 15 is 0 Å². The molecule has 0 saturated carbocycles. The van der Waals surface area contributed by atoms with E-state index in [2.05, 4.69) is 15.3 Å². The van der Waals surface area contributed by atoms with Crippen molar-refractivity contribution in [1.29, 1.82) is 0 Å². The Bertz CT molecular complexity index is 619. The molecule has 1 N–H and O–H groups in total. The normalized spacial score (nSPS) is 11.4. The van der Waals surface area contributed by atoms with Gasteiger partial charge < -0.3 is 5.32 Å². The van der Waals surface area contributed by atoms with Gasteiger partial charge in [-0.1, -0.05) is 23.7 Å². The van der Waals surface area contributed by atoms with E-state index in [0.29, 0.717) is 5.69 Å². The van der Waals surface area contributed by atoms with Crippen LogP contribution in [0, 0.1) is 0 Å². The topological polar surface area (TPSA) is 37.8 Å². The molecule has 2 rings (SSSR count). The Kier molecular flexibility index (Phi) is 4.39. The summed E-state index contributed by atoms with van der Waals surface area (Å²) >= 11 is 7.07. The van der Waals surface area contributed by atoms with E-state index < -0.39 is 12.0 Å². The van der Waals surface area contributed by atoms with E-state index in [1.165, 1.54) is 17.8 Å². The average Bonchev–Trinajstić information content (AvgIpc) is 2.37. The molecular formula is C12H9ClF3N3S. The molecule has 1 aromatic heterocycles. The lowest BCUT2D eigenvalue weighted by atomic mass is 10.3. The number of nitrogens with one attached hydrogen (secondary N) is 1. The second kappa shape index (κ2) is 5.88. The molecule has 0 radical (unpaired) electrons. The lowest BCUT2D eigenvalue weighted by Gasteiger charge is -2.11. The van der Waals surface area contributed by atoms with Crippen molar-refractivity contribution in [1.82, 2.24) is 9.97 Å². The molecule has 0 unspecified atom stereocenters. The number of para-hydroxylation sites is 1. The highest BCUT2D eigenvalue weighted by Crippen LogP contribution is 2.31. The molecule has 0 aliphatic heterocycles. The van der Waals surface area contributed by atoms with Crippen LogP contribution in [0.4, 0.5) is 24.7 Å². The largest absolute Gasteiger partial charge is 0.451 e. The fraction of sp³-hybridized carbons (Fsp3) is 0.167. The first kappa shape index (κ1) is 14.9. The monoisotopic (exact) mass is 319 g/mol. The highest BCUT2D eigenvalue weighted by molar-refractivity contribution is 7.98. The number of alkyl halides is 3. The number of halogens is 4. The van der Waals surface area contributed by atoms with Crippen LogP contribution in [0.1, 0.15) is 5.82 Å². The standard InChI is InChI=1S/C12H9ClF3N3S/c1-20-8-5-3-2-4-7(8)17-10-6-9(13)18-11(19-10)12(14,15)16/h2-6H,1H3,(H,17,18,19). The van der Waals surface area contributed by atoms with Crippen LogP contribution >= 0.6 is 23.4 Å². The fourth-order valence-corrected chi connectivity index (χ4v) is 2.23. The second-order valence-electron chi connectivity index (χ2n) is 3.72. The van der Waals surface area contributed by atoms with Gasteiger partial charge in [-0.3, -0.25) is 0 Å². The molecule has 0 saturated heterocycles. The van der Waals surface area contributed by atoms with Gasteiger partial charge in [0.1, 0.15) is 11.0 Å². The molecule has 0 atom stereocenters. The van der Waals surface area contributed by atoms with Crippen LogP contribution in [-0.4, -0.2) is 16.2 Å². The van der Waals surface area contributed by atoms with E-state index in [1.807, 2.05) is 18.4 Å². The minimum atomic E-state index is -4.64. The summed E-state index contributed by atoms with van der Waals surface area (Å²) in [6, 6.07) is 8.45. The molecule has 0 amide bonds. The molecule has 8 heteroatoms. The van der Waals surface area contributed by atoms with Gasteiger partial charge >= 0.3 is 6.18 Å². The van der Waals surface area contributed by atoms with Gasteiger partial charge in [0.2, 0.25) is 5.82 Å². The molecule has 20 heavy (non-hydrogen) atoms. The molecule has 0 aliphatic rings. The molecular weight excluding hydrogens is 311 g/mol. The fourth-order valence-electron chi connectivity index (χ4n) is 1.49. The third-order valence-electron chi connectivity index (χ3n) is 2.32. The number of hydrogen-bond donors (Lipinski definition) is 1. The minimum Gasteiger partial charge on any atom is -0.339 e. The molecule has 1 heterocycles. The summed E-state index contributed by atoms with van der Waals surface area (Å²) in [6.07, 6.45) is -2.77. The van der Waals surface area contributed by atoms with E-state index in [-0.39, 0.29) is 11.0 Å². The molecule has 0 spiro atoms. The lowest BCUT2D eigenvalue weighted by molar-refractivity contribution is -0.144. The van der Waals surface area contributed by atoms with Crippen LogP contribution in [0.3, 0.4) is 0 Å². The van der Waals surface area contributed by atoms with Crippen molar-refractivity contribution < 1.29 is 13.2 Å². The average molecular weight is 320 g/mol. The van der Waals surface area contributed by atoms with Crippen molar-refractivity contribution in [2.75, 3.05) is 11.6 Å². The number of thioether (sulfide) groups is 1. The molecule has 0 fully saturated rings. The lowest BCUT2D eigenvalue weighted by Crippen LogP contribution is -2.12. The number of benzene rings is 1. The third kappa shape index (κ3) is 3.55. The molecule has 3 nitrogen and oxygen atoms in total. The Labute approximate surface area is 122 Å². The van der Waals surface area contributed by atoms with Crippen LogP contribution in [-0.2, 0) is 6.18 Å². The van der Waals surface area contributed by atoms with Gasteiger partial charge in [0.15, 0.2) is 0 Å². The smallest absolute Gasteiger partial charge is 0.339 e. The van der Waals surface area contributed by atoms with Crippen molar-refractivity contribution in [2.24, 2.45) is 0 Å². The van der Waals surface area contributed by atoms with Gasteiger partial charge in [-0.05, 0) is 18.4 Å². The van der Waals surface area contributed by atoms with Gasteiger partial charge in [-0.15, -0.1) is 11.8 Å². The Balaban J connectivity index is 2.36. The zero-order chi connectivity index (χ0) is 14.8. The van der Waals surface area contributed by atoms with Gasteiger partial charge in [0.05, 0.1) is 5.69 Å². The molecule has 0 aliphatic carbocycles. The van der Waals surface area contributed by atoms with Gasteiger partial charge in [0, 0.05) is 11.0 Å². The summed E-state index contributed by atoms with van der Waals surface area (Å²) < 4.78 is 37.8. The highest BCUT2D eigenvalue weighted by atomic mass is 35.5. The first-order valence-electron chi connectivity index (χ1n) is 5.42. The van der Waals surface area contributed by atoms with Gasteiger partial charge in [0.25, 0.3) is 0 Å². The number of aromatic nitrogens is 2. The van der Waals surface area contributed by atoms with E-state index in [9.17, 15) is 13.2 Å². The first-order chi connectivity index (χ1) is 9.40. The van der Waals surface area contributed by atoms with E-state index in [0.717, 1.165) is 4.90 Å². The predicted molar refractivity (Wildman–Crippen MR) is 73.5 cm³/mol. The van der Waals surface area contributed by atoms with Crippen molar-refractivity contribution in [2.45, 2.75) is 11.1 Å². The van der Waals surface area contributed by atoms with Crippen molar-refractivity contribution in [3.05, 3.63) is 41.3 Å². The predicted octanol–water partition coefficient (Wildman–Crippen LogP) is 4.61. The van der Waals surface area contributed by atoms with Crippen LogP contribution in [0.15, 0.2) is 35.2 Å². The zero-order valence-electron chi connectivity index (χ0n) is 10.2. The Morgan fingerprint density at radius 2 is 1.90 bits per heavy atom. The Morgan fingerprint density at radius 1 is 1.20 bits per heavy atom. The number of hydrogen-bond acceptors (Lipinski definition) is 4. The summed E-state index contributed by atoms with van der Waals surface area (Å²) in [5, 5.41) is 2.55. The Hall–Kier alpha value is -1.47. The summed E-state index contributed by atoms with van der Waals surface area (Å²) in [4.78, 5) is 7.49. The maximum Gasteiger partial charge on any atom is 0.451 e. The van der Waals surface area contributed by atoms with Gasteiger partial charge in [-0.25, -0.2) is 9.97 Å². The molecule has 106 valence electrons. The SMILES string of the molecule is CSc1ccccc1Nc1cc(Cl)nc(C(F)(F)F)n1. The quantitative estimate of drug-likeness (QED) is 0.662. The maximum absolute atomic E-state index is 12.6. The van der Waals surface area contributed by atoms with Crippen LogP contribution in [0.25, 0.3) is 0 Å². The summed E-state index contributed by atoms with van der Waals surface area (Å²) in [5.41, 5.74) is 0.655. The highest BCUT2D eigenvalue weighted by Gasteiger charge is 2.35. The molecule has 0 bridgehead atoms. The zero-order valence-corrected chi connectivity index (χ0v) is 11.8. The number of nitrogens with zero attached hydrogens (tertiary/aromatic N) is 2. The van der Waals surface area contributed by atoms with E-state index in [1.54, 1.807) is 12.1 Å². The van der Waals surface area contributed by atoms with Crippen molar-refractivity contribution >= 4 is 34.9 Å². The first-order valence-corrected chi connectivity index (χ1v) is 7.02. The molecule has 2 aromatic rings. The molecule has 1 aromatic carbocycles. The number of rotatable bonds is 3. The third-order valence-corrected chi connectivity index (χ3v) is 3.31. The second-order valence-corrected chi connectivity index (χ2v) is 4.96. The summed E-state index contributed by atoms with van der Waals surface area (Å²) in [6.45, 7) is 0. The van der Waals surface area contributed by atoms with Crippen LogP contribution in [0.2, 0.25) is 5.15 Å². The number of anilines is 2.